The van der Waals surface area contributed by atoms with Gasteiger partial charge in [-0.2, -0.15) is 18.3 Å². The Hall–Kier alpha value is -2.10. The van der Waals surface area contributed by atoms with Crippen molar-refractivity contribution in [2.45, 2.75) is 44.4 Å². The molecule has 2 saturated heterocycles. The Morgan fingerprint density at radius 1 is 1.35 bits per heavy atom. The molecule has 144 valence electrons. The van der Waals surface area contributed by atoms with Crippen molar-refractivity contribution >= 4 is 11.8 Å². The number of carbonyl (C=O) groups excluding carboxylic acids is 2. The highest BCUT2D eigenvalue weighted by atomic mass is 19.4. The number of aromatic nitrogens is 2. The third-order valence-corrected chi connectivity index (χ3v) is 4.67. The number of nitrogens with one attached hydrogen (secondary N) is 1. The van der Waals surface area contributed by atoms with Crippen molar-refractivity contribution in [2.75, 3.05) is 26.3 Å². The van der Waals surface area contributed by atoms with Crippen molar-refractivity contribution in [1.82, 2.24) is 20.0 Å². The molecule has 3 heterocycles. The zero-order chi connectivity index (χ0) is 18.9. The highest BCUT2D eigenvalue weighted by Crippen LogP contribution is 2.23. The maximum Gasteiger partial charge on any atom is 0.406 e. The van der Waals surface area contributed by atoms with E-state index in [9.17, 15) is 22.8 Å². The van der Waals surface area contributed by atoms with Crippen LogP contribution >= 0.6 is 0 Å². The van der Waals surface area contributed by atoms with Gasteiger partial charge in [0.25, 0.3) is 5.91 Å². The third-order valence-electron chi connectivity index (χ3n) is 4.67. The Kier molecular flexibility index (Phi) is 5.22. The second kappa shape index (κ2) is 7.26. The molecule has 3 rings (SSSR count). The predicted octanol–water partition coefficient (Wildman–Crippen LogP) is 1.44. The Morgan fingerprint density at radius 3 is 2.69 bits per heavy atom. The molecule has 2 aliphatic heterocycles. The number of nitrogens with zero attached hydrogens (tertiary/aromatic N) is 3. The zero-order valence-electron chi connectivity index (χ0n) is 14.4. The first kappa shape index (κ1) is 18.7. The molecule has 0 spiro atoms. The number of rotatable bonds is 4. The first-order valence-corrected chi connectivity index (χ1v) is 8.54. The van der Waals surface area contributed by atoms with Gasteiger partial charge in [0.2, 0.25) is 5.91 Å². The van der Waals surface area contributed by atoms with E-state index in [0.29, 0.717) is 18.8 Å². The van der Waals surface area contributed by atoms with E-state index >= 15 is 0 Å². The fourth-order valence-corrected chi connectivity index (χ4v) is 3.32. The van der Waals surface area contributed by atoms with Crippen LogP contribution in [0.1, 0.15) is 41.4 Å². The minimum absolute atomic E-state index is 0.0290. The van der Waals surface area contributed by atoms with Gasteiger partial charge in [-0.1, -0.05) is 0 Å². The molecular formula is C16H21F3N4O3. The van der Waals surface area contributed by atoms with Gasteiger partial charge < -0.3 is 15.0 Å². The van der Waals surface area contributed by atoms with Gasteiger partial charge in [-0.15, -0.1) is 0 Å². The molecule has 1 unspecified atom stereocenters. The lowest BCUT2D eigenvalue weighted by atomic mass is 10.1. The number of hydrogen-bond donors (Lipinski definition) is 1. The highest BCUT2D eigenvalue weighted by molar-refractivity contribution is 5.97. The molecule has 26 heavy (non-hydrogen) atoms. The molecule has 10 heteroatoms. The number of likely N-dealkylation sites (tertiary alicyclic amines) is 1. The minimum atomic E-state index is -4.45. The maximum absolute atomic E-state index is 12.5. The van der Waals surface area contributed by atoms with Gasteiger partial charge in [-0.3, -0.25) is 14.3 Å². The van der Waals surface area contributed by atoms with Crippen LogP contribution in [0.5, 0.6) is 0 Å². The Labute approximate surface area is 148 Å². The van der Waals surface area contributed by atoms with Crippen molar-refractivity contribution in [3.63, 3.8) is 0 Å². The zero-order valence-corrected chi connectivity index (χ0v) is 14.4. The quantitative estimate of drug-likeness (QED) is 0.865. The number of halogens is 3. The first-order chi connectivity index (χ1) is 12.2. The molecule has 2 amide bonds. The van der Waals surface area contributed by atoms with Gasteiger partial charge in [0.15, 0.2) is 5.69 Å². The molecule has 1 aromatic heterocycles. The number of amides is 2. The van der Waals surface area contributed by atoms with E-state index in [4.69, 9.17) is 4.74 Å². The van der Waals surface area contributed by atoms with Crippen molar-refractivity contribution in [2.24, 2.45) is 0 Å². The predicted molar refractivity (Wildman–Crippen MR) is 84.6 cm³/mol. The van der Waals surface area contributed by atoms with Crippen LogP contribution in [-0.2, 0) is 9.53 Å². The molecule has 7 nitrogen and oxygen atoms in total. The summed E-state index contributed by atoms with van der Waals surface area (Å²) in [6, 6.07) is -0.795. The summed E-state index contributed by atoms with van der Waals surface area (Å²) in [5, 5.41) is 6.84. The number of aryl methyl sites for hydroxylation is 1. The largest absolute Gasteiger partial charge is 0.406 e. The summed E-state index contributed by atoms with van der Waals surface area (Å²) < 4.78 is 44.4. The molecule has 0 radical (unpaired) electrons. The fraction of sp³-hybridized carbons (Fsp3) is 0.688. The van der Waals surface area contributed by atoms with Gasteiger partial charge >= 0.3 is 6.18 Å². The molecule has 0 saturated carbocycles. The Morgan fingerprint density at radius 2 is 2.04 bits per heavy atom. The van der Waals surface area contributed by atoms with Crippen molar-refractivity contribution in [3.05, 3.63) is 17.5 Å². The SMILES string of the molecule is Cc1cn(C2CCOCC2)nc1C(=O)NC1CCN(CC(F)(F)F)C1=O. The maximum atomic E-state index is 12.5. The van der Waals surface area contributed by atoms with E-state index in [-0.39, 0.29) is 24.7 Å². The summed E-state index contributed by atoms with van der Waals surface area (Å²) in [6.45, 7) is 1.69. The van der Waals surface area contributed by atoms with Crippen LogP contribution in [0.2, 0.25) is 0 Å². The molecule has 1 atom stereocenters. The molecule has 0 aromatic carbocycles. The smallest absolute Gasteiger partial charge is 0.381 e. The van der Waals surface area contributed by atoms with E-state index < -0.39 is 30.6 Å². The van der Waals surface area contributed by atoms with Crippen LogP contribution < -0.4 is 5.32 Å². The van der Waals surface area contributed by atoms with E-state index in [1.165, 1.54) is 0 Å². The number of ether oxygens (including phenoxy) is 1. The molecular weight excluding hydrogens is 353 g/mol. The summed E-state index contributed by atoms with van der Waals surface area (Å²) in [4.78, 5) is 25.2. The van der Waals surface area contributed by atoms with Crippen molar-refractivity contribution < 1.29 is 27.5 Å². The number of alkyl halides is 3. The summed E-state index contributed by atoms with van der Waals surface area (Å²) in [6.07, 6.45) is -0.920. The van der Waals surface area contributed by atoms with Crippen LogP contribution in [0.15, 0.2) is 6.20 Å². The third kappa shape index (κ3) is 4.17. The molecule has 0 aliphatic carbocycles. The van der Waals surface area contributed by atoms with Gasteiger partial charge in [-0.25, -0.2) is 0 Å². The van der Waals surface area contributed by atoms with E-state index in [0.717, 1.165) is 17.7 Å². The van der Waals surface area contributed by atoms with Crippen LogP contribution in [0, 0.1) is 6.92 Å². The van der Waals surface area contributed by atoms with Gasteiger partial charge in [-0.05, 0) is 26.2 Å². The second-order valence-corrected chi connectivity index (χ2v) is 6.67. The lowest BCUT2D eigenvalue weighted by Gasteiger charge is -2.22. The normalized spacial score (nSPS) is 22.1. The molecule has 1 aromatic rings. The number of hydrogen-bond acceptors (Lipinski definition) is 4. The van der Waals surface area contributed by atoms with Crippen molar-refractivity contribution in [1.29, 1.82) is 0 Å². The van der Waals surface area contributed by atoms with Crippen LogP contribution in [0.4, 0.5) is 13.2 Å². The summed E-state index contributed by atoms with van der Waals surface area (Å²) in [5.41, 5.74) is 0.852. The number of carbonyl (C=O) groups is 2. The van der Waals surface area contributed by atoms with Crippen LogP contribution in [0.25, 0.3) is 0 Å². The van der Waals surface area contributed by atoms with E-state index in [1.54, 1.807) is 17.8 Å². The standard InChI is InChI=1S/C16H21F3N4O3/c1-10-8-23(11-3-6-26-7-4-11)21-13(10)14(24)20-12-2-5-22(15(12)25)9-16(17,18)19/h8,11-12H,2-7,9H2,1H3,(H,20,24). The average molecular weight is 374 g/mol. The lowest BCUT2D eigenvalue weighted by molar-refractivity contribution is -0.157. The van der Waals surface area contributed by atoms with E-state index in [1.807, 2.05) is 0 Å². The first-order valence-electron chi connectivity index (χ1n) is 8.54. The topological polar surface area (TPSA) is 76.5 Å². The van der Waals surface area contributed by atoms with Crippen LogP contribution in [-0.4, -0.2) is 65.0 Å². The Bertz CT molecular complexity index is 683. The summed E-state index contributed by atoms with van der Waals surface area (Å²) >= 11 is 0. The Balaban J connectivity index is 1.63. The lowest BCUT2D eigenvalue weighted by Crippen LogP contribution is -2.44. The molecule has 2 aliphatic rings. The highest BCUT2D eigenvalue weighted by Gasteiger charge is 2.40. The minimum Gasteiger partial charge on any atom is -0.381 e. The van der Waals surface area contributed by atoms with E-state index in [2.05, 4.69) is 10.4 Å². The molecule has 2 fully saturated rings. The van der Waals surface area contributed by atoms with Crippen molar-refractivity contribution in [3.8, 4) is 0 Å². The molecule has 1 N–H and O–H groups in total. The van der Waals surface area contributed by atoms with Crippen LogP contribution in [0.3, 0.4) is 0 Å². The van der Waals surface area contributed by atoms with Gasteiger partial charge in [0, 0.05) is 31.5 Å². The summed E-state index contributed by atoms with van der Waals surface area (Å²) in [7, 11) is 0. The monoisotopic (exact) mass is 374 g/mol. The van der Waals surface area contributed by atoms with Gasteiger partial charge in [0.1, 0.15) is 12.6 Å². The average Bonchev–Trinajstić information content (AvgIpc) is 3.12. The van der Waals surface area contributed by atoms with Gasteiger partial charge in [0.05, 0.1) is 6.04 Å². The fourth-order valence-electron chi connectivity index (χ4n) is 3.32. The second-order valence-electron chi connectivity index (χ2n) is 6.67. The molecule has 0 bridgehead atoms. The summed E-state index contributed by atoms with van der Waals surface area (Å²) in [5.74, 6) is -1.25.